The van der Waals surface area contributed by atoms with Crippen molar-refractivity contribution in [2.24, 2.45) is 0 Å². The summed E-state index contributed by atoms with van der Waals surface area (Å²) in [5.74, 6) is -0.646. The normalized spacial score (nSPS) is 10.4. The van der Waals surface area contributed by atoms with E-state index in [0.717, 1.165) is 0 Å². The predicted molar refractivity (Wildman–Crippen MR) is 99.0 cm³/mol. The Balaban J connectivity index is 1.92. The molecule has 5 nitrogen and oxygen atoms in total. The first-order valence-electron chi connectivity index (χ1n) is 7.74. The van der Waals surface area contributed by atoms with Gasteiger partial charge in [-0.15, -0.1) is 0 Å². The molecule has 7 heteroatoms. The summed E-state index contributed by atoms with van der Waals surface area (Å²) in [5, 5.41) is 8.12. The number of anilines is 1. The number of carbonyl (C=O) groups is 2. The lowest BCUT2D eigenvalue weighted by molar-refractivity contribution is 0.0951. The van der Waals surface area contributed by atoms with Gasteiger partial charge in [-0.2, -0.15) is 0 Å². The fraction of sp³-hybridized carbons (Fsp3) is 0.222. The predicted octanol–water partition coefficient (Wildman–Crippen LogP) is 4.05. The second-order valence-corrected chi connectivity index (χ2v) is 6.71. The second-order valence-electron chi connectivity index (χ2n) is 5.79. The van der Waals surface area contributed by atoms with Crippen molar-refractivity contribution < 1.29 is 14.0 Å². The number of rotatable bonds is 5. The summed E-state index contributed by atoms with van der Waals surface area (Å²) in [6.45, 7) is 3.94. The molecule has 3 amide bonds. The Morgan fingerprint density at radius 2 is 1.80 bits per heavy atom. The van der Waals surface area contributed by atoms with Crippen molar-refractivity contribution in [1.82, 2.24) is 10.6 Å². The third kappa shape index (κ3) is 6.19. The minimum Gasteiger partial charge on any atom is -0.348 e. The fourth-order valence-electron chi connectivity index (χ4n) is 2.13. The maximum absolute atomic E-state index is 13.3. The summed E-state index contributed by atoms with van der Waals surface area (Å²) in [6.07, 6.45) is 0. The molecule has 2 rings (SSSR count). The topological polar surface area (TPSA) is 70.2 Å². The van der Waals surface area contributed by atoms with Crippen LogP contribution in [0.5, 0.6) is 0 Å². The average molecular weight is 408 g/mol. The van der Waals surface area contributed by atoms with Gasteiger partial charge in [0, 0.05) is 28.3 Å². The zero-order valence-electron chi connectivity index (χ0n) is 13.9. The van der Waals surface area contributed by atoms with Gasteiger partial charge in [-0.1, -0.05) is 15.9 Å². The summed E-state index contributed by atoms with van der Waals surface area (Å²) in [7, 11) is 0. The molecule has 0 aliphatic heterocycles. The van der Waals surface area contributed by atoms with Crippen LogP contribution in [-0.2, 0) is 6.54 Å². The first-order chi connectivity index (χ1) is 11.8. The highest BCUT2D eigenvalue weighted by atomic mass is 79.9. The van der Waals surface area contributed by atoms with Crippen LogP contribution in [0.3, 0.4) is 0 Å². The zero-order valence-corrected chi connectivity index (χ0v) is 15.5. The van der Waals surface area contributed by atoms with Crippen molar-refractivity contribution in [3.05, 3.63) is 63.9 Å². The van der Waals surface area contributed by atoms with E-state index < -0.39 is 0 Å². The van der Waals surface area contributed by atoms with Crippen LogP contribution in [0, 0.1) is 5.82 Å². The molecule has 2 aromatic rings. The van der Waals surface area contributed by atoms with E-state index in [1.54, 1.807) is 30.3 Å². The molecule has 0 fully saturated rings. The Kier molecular flexibility index (Phi) is 6.52. The van der Waals surface area contributed by atoms with Crippen LogP contribution in [0.25, 0.3) is 0 Å². The van der Waals surface area contributed by atoms with Crippen LogP contribution < -0.4 is 16.0 Å². The molecule has 3 N–H and O–H groups in total. The fourth-order valence-corrected chi connectivity index (χ4v) is 2.64. The van der Waals surface area contributed by atoms with Crippen molar-refractivity contribution >= 4 is 33.6 Å². The van der Waals surface area contributed by atoms with Gasteiger partial charge in [-0.25, -0.2) is 9.18 Å². The van der Waals surface area contributed by atoms with Crippen LogP contribution in [0.4, 0.5) is 14.9 Å². The summed E-state index contributed by atoms with van der Waals surface area (Å²) < 4.78 is 13.9. The van der Waals surface area contributed by atoms with Gasteiger partial charge in [0.05, 0.1) is 0 Å². The van der Waals surface area contributed by atoms with E-state index in [0.29, 0.717) is 21.3 Å². The van der Waals surface area contributed by atoms with Gasteiger partial charge in [0.25, 0.3) is 5.91 Å². The van der Waals surface area contributed by atoms with Gasteiger partial charge in [-0.05, 0) is 61.9 Å². The standard InChI is InChI=1S/C18H19BrFN3O2/c1-11(2)22-18(25)23-16-5-3-13(4-6-16)17(24)21-10-12-7-14(19)9-15(20)8-12/h3-9,11H,10H2,1-2H3,(H,21,24)(H2,22,23,25). The number of halogens is 2. The molecule has 25 heavy (non-hydrogen) atoms. The third-order valence-corrected chi connectivity index (χ3v) is 3.66. The molecular weight excluding hydrogens is 389 g/mol. The molecule has 0 aromatic heterocycles. The van der Waals surface area contributed by atoms with E-state index in [2.05, 4.69) is 31.9 Å². The highest BCUT2D eigenvalue weighted by molar-refractivity contribution is 9.10. The number of hydrogen-bond acceptors (Lipinski definition) is 2. The highest BCUT2D eigenvalue weighted by Gasteiger charge is 2.08. The lowest BCUT2D eigenvalue weighted by Crippen LogP contribution is -2.34. The second kappa shape index (κ2) is 8.62. The van der Waals surface area contributed by atoms with Crippen molar-refractivity contribution in [1.29, 1.82) is 0 Å². The van der Waals surface area contributed by atoms with Crippen LogP contribution in [0.1, 0.15) is 29.8 Å². The molecule has 0 spiro atoms. The lowest BCUT2D eigenvalue weighted by Gasteiger charge is -2.11. The van der Waals surface area contributed by atoms with Crippen LogP contribution in [0.2, 0.25) is 0 Å². The van der Waals surface area contributed by atoms with Gasteiger partial charge in [0.2, 0.25) is 0 Å². The maximum Gasteiger partial charge on any atom is 0.319 e. The highest BCUT2D eigenvalue weighted by Crippen LogP contribution is 2.15. The minimum absolute atomic E-state index is 0.0351. The van der Waals surface area contributed by atoms with E-state index in [1.165, 1.54) is 12.1 Å². The molecule has 0 bridgehead atoms. The van der Waals surface area contributed by atoms with E-state index in [9.17, 15) is 14.0 Å². The smallest absolute Gasteiger partial charge is 0.319 e. The summed E-state index contributed by atoms with van der Waals surface area (Å²) >= 11 is 3.21. The molecule has 0 radical (unpaired) electrons. The summed E-state index contributed by atoms with van der Waals surface area (Å²) in [6, 6.07) is 10.7. The zero-order chi connectivity index (χ0) is 18.4. The van der Waals surface area contributed by atoms with Crippen molar-refractivity contribution in [3.63, 3.8) is 0 Å². The first-order valence-corrected chi connectivity index (χ1v) is 8.53. The number of amides is 3. The van der Waals surface area contributed by atoms with Gasteiger partial charge < -0.3 is 16.0 Å². The number of carbonyl (C=O) groups excluding carboxylic acids is 2. The average Bonchev–Trinajstić information content (AvgIpc) is 2.51. The van der Waals surface area contributed by atoms with Gasteiger partial charge in [0.1, 0.15) is 5.82 Å². The minimum atomic E-state index is -0.367. The van der Waals surface area contributed by atoms with E-state index in [-0.39, 0.29) is 30.3 Å². The van der Waals surface area contributed by atoms with Gasteiger partial charge in [0.15, 0.2) is 0 Å². The van der Waals surface area contributed by atoms with Crippen molar-refractivity contribution in [2.45, 2.75) is 26.4 Å². The Bertz CT molecular complexity index is 743. The number of nitrogens with one attached hydrogen (secondary N) is 3. The summed E-state index contributed by atoms with van der Waals surface area (Å²) in [4.78, 5) is 23.8. The Morgan fingerprint density at radius 3 is 2.40 bits per heavy atom. The molecule has 0 unspecified atom stereocenters. The molecule has 0 heterocycles. The molecule has 132 valence electrons. The van der Waals surface area contributed by atoms with Crippen LogP contribution in [0.15, 0.2) is 46.9 Å². The van der Waals surface area contributed by atoms with Crippen LogP contribution in [-0.4, -0.2) is 18.0 Å². The third-order valence-electron chi connectivity index (χ3n) is 3.20. The Hall–Kier alpha value is -2.41. The number of urea groups is 1. The molecule has 2 aromatic carbocycles. The first kappa shape index (κ1) is 18.9. The molecule has 0 atom stereocenters. The molecule has 0 saturated carbocycles. The molecule has 0 aliphatic carbocycles. The van der Waals surface area contributed by atoms with E-state index in [4.69, 9.17) is 0 Å². The van der Waals surface area contributed by atoms with Crippen LogP contribution >= 0.6 is 15.9 Å². The maximum atomic E-state index is 13.3. The largest absolute Gasteiger partial charge is 0.348 e. The quantitative estimate of drug-likeness (QED) is 0.699. The summed E-state index contributed by atoms with van der Waals surface area (Å²) in [5.41, 5.74) is 1.69. The number of hydrogen-bond donors (Lipinski definition) is 3. The van der Waals surface area contributed by atoms with E-state index >= 15 is 0 Å². The molecular formula is C18H19BrFN3O2. The van der Waals surface area contributed by atoms with Gasteiger partial charge >= 0.3 is 6.03 Å². The van der Waals surface area contributed by atoms with Gasteiger partial charge in [-0.3, -0.25) is 4.79 Å². The molecule has 0 saturated heterocycles. The Labute approximate surface area is 154 Å². The number of benzene rings is 2. The lowest BCUT2D eigenvalue weighted by atomic mass is 10.1. The SMILES string of the molecule is CC(C)NC(=O)Nc1ccc(C(=O)NCc2cc(F)cc(Br)c2)cc1. The van der Waals surface area contributed by atoms with E-state index in [1.807, 2.05) is 13.8 Å². The molecule has 0 aliphatic rings. The monoisotopic (exact) mass is 407 g/mol. The Morgan fingerprint density at radius 1 is 1.12 bits per heavy atom. The van der Waals surface area contributed by atoms with Crippen molar-refractivity contribution in [3.8, 4) is 0 Å². The van der Waals surface area contributed by atoms with Crippen molar-refractivity contribution in [2.75, 3.05) is 5.32 Å².